The lowest BCUT2D eigenvalue weighted by atomic mass is 10.3. The van der Waals surface area contributed by atoms with Crippen LogP contribution in [0.1, 0.15) is 5.69 Å². The van der Waals surface area contributed by atoms with E-state index in [1.807, 2.05) is 0 Å². The van der Waals surface area contributed by atoms with Crippen molar-refractivity contribution < 1.29 is 4.74 Å². The van der Waals surface area contributed by atoms with Gasteiger partial charge in [0.25, 0.3) is 0 Å². The van der Waals surface area contributed by atoms with Gasteiger partial charge in [0.15, 0.2) is 5.75 Å². The van der Waals surface area contributed by atoms with Gasteiger partial charge in [0.2, 0.25) is 5.43 Å². The molecule has 1 aromatic heterocycles. The van der Waals surface area contributed by atoms with Crippen LogP contribution in [0.15, 0.2) is 15.5 Å². The maximum atomic E-state index is 11.2. The zero-order valence-electron chi connectivity index (χ0n) is 6.27. The van der Waals surface area contributed by atoms with E-state index >= 15 is 0 Å². The molecule has 3 nitrogen and oxygen atoms in total. The largest absolute Gasteiger partial charge is 0.491 e. The van der Waals surface area contributed by atoms with E-state index in [1.165, 1.54) is 7.11 Å². The van der Waals surface area contributed by atoms with E-state index in [2.05, 4.69) is 20.9 Å². The second-order valence-electron chi connectivity index (χ2n) is 2.12. The van der Waals surface area contributed by atoms with E-state index in [0.29, 0.717) is 10.2 Å². The quantitative estimate of drug-likeness (QED) is 0.775. The zero-order chi connectivity index (χ0) is 8.43. The third-order valence-electron chi connectivity index (χ3n) is 1.38. The van der Waals surface area contributed by atoms with Gasteiger partial charge in [-0.15, -0.1) is 0 Å². The number of rotatable bonds is 1. The number of aromatic amines is 1. The van der Waals surface area contributed by atoms with Gasteiger partial charge in [-0.3, -0.25) is 4.79 Å². The normalized spacial score (nSPS) is 9.73. The van der Waals surface area contributed by atoms with Gasteiger partial charge in [-0.1, -0.05) is 0 Å². The molecule has 0 fully saturated rings. The highest BCUT2D eigenvalue weighted by Gasteiger charge is 2.05. The van der Waals surface area contributed by atoms with Crippen molar-refractivity contribution in [3.8, 4) is 5.75 Å². The molecule has 0 amide bonds. The Morgan fingerprint density at radius 3 is 2.73 bits per heavy atom. The van der Waals surface area contributed by atoms with Crippen LogP contribution in [-0.2, 0) is 0 Å². The van der Waals surface area contributed by atoms with Crippen LogP contribution in [0.2, 0.25) is 0 Å². The summed E-state index contributed by atoms with van der Waals surface area (Å²) in [4.78, 5) is 14.1. The molecule has 0 aliphatic heterocycles. The van der Waals surface area contributed by atoms with Crippen LogP contribution >= 0.6 is 15.9 Å². The molecule has 0 saturated heterocycles. The number of hydrogen-bond donors (Lipinski definition) is 1. The molecule has 0 unspecified atom stereocenters. The first-order chi connectivity index (χ1) is 5.16. The van der Waals surface area contributed by atoms with Crippen LogP contribution < -0.4 is 10.2 Å². The molecule has 1 N–H and O–H groups in total. The Morgan fingerprint density at radius 1 is 1.64 bits per heavy atom. The third kappa shape index (κ3) is 1.45. The molecule has 1 aromatic rings. The highest BCUT2D eigenvalue weighted by Crippen LogP contribution is 2.11. The van der Waals surface area contributed by atoms with Gasteiger partial charge in [0, 0.05) is 6.20 Å². The number of pyridine rings is 1. The first-order valence-corrected chi connectivity index (χ1v) is 3.88. The number of ether oxygens (including phenoxy) is 1. The second kappa shape index (κ2) is 3.09. The standard InChI is InChI=1S/C7H8BrNO2/c1-4-7(11-2)6(10)5(8)3-9-4/h3H,1-2H3,(H,9,10). The summed E-state index contributed by atoms with van der Waals surface area (Å²) in [5, 5.41) is 0. The van der Waals surface area contributed by atoms with Crippen molar-refractivity contribution in [2.24, 2.45) is 0 Å². The Bertz CT molecular complexity index is 319. The minimum Gasteiger partial charge on any atom is -0.491 e. The van der Waals surface area contributed by atoms with E-state index < -0.39 is 0 Å². The van der Waals surface area contributed by atoms with E-state index in [9.17, 15) is 4.79 Å². The van der Waals surface area contributed by atoms with Gasteiger partial charge in [-0.25, -0.2) is 0 Å². The molecule has 0 bridgehead atoms. The number of methoxy groups -OCH3 is 1. The summed E-state index contributed by atoms with van der Waals surface area (Å²) in [6.07, 6.45) is 1.60. The van der Waals surface area contributed by atoms with Gasteiger partial charge in [-0.05, 0) is 22.9 Å². The summed E-state index contributed by atoms with van der Waals surface area (Å²) in [5.74, 6) is 0.361. The van der Waals surface area contributed by atoms with Crippen molar-refractivity contribution in [1.29, 1.82) is 0 Å². The number of H-pyrrole nitrogens is 1. The lowest BCUT2D eigenvalue weighted by Crippen LogP contribution is -2.08. The van der Waals surface area contributed by atoms with Gasteiger partial charge in [-0.2, -0.15) is 0 Å². The van der Waals surface area contributed by atoms with E-state index in [0.717, 1.165) is 5.69 Å². The first-order valence-electron chi connectivity index (χ1n) is 3.08. The molecule has 11 heavy (non-hydrogen) atoms. The molecular formula is C7H8BrNO2. The molecule has 0 atom stereocenters. The van der Waals surface area contributed by atoms with Gasteiger partial charge in [0.1, 0.15) is 0 Å². The number of aryl methyl sites for hydroxylation is 1. The highest BCUT2D eigenvalue weighted by atomic mass is 79.9. The second-order valence-corrected chi connectivity index (χ2v) is 2.98. The lowest BCUT2D eigenvalue weighted by molar-refractivity contribution is 0.405. The van der Waals surface area contributed by atoms with E-state index in [4.69, 9.17) is 4.74 Å². The molecule has 0 saturated carbocycles. The average molecular weight is 218 g/mol. The van der Waals surface area contributed by atoms with Crippen molar-refractivity contribution in [1.82, 2.24) is 4.98 Å². The summed E-state index contributed by atoms with van der Waals surface area (Å²) < 4.78 is 5.37. The maximum Gasteiger partial charge on any atom is 0.237 e. The Hall–Kier alpha value is -0.770. The monoisotopic (exact) mass is 217 g/mol. The molecule has 0 spiro atoms. The summed E-state index contributed by atoms with van der Waals surface area (Å²) >= 11 is 3.10. The number of nitrogens with one attached hydrogen (secondary N) is 1. The fourth-order valence-electron chi connectivity index (χ4n) is 0.827. The minimum atomic E-state index is -0.122. The Morgan fingerprint density at radius 2 is 2.27 bits per heavy atom. The Balaban J connectivity index is 3.41. The van der Waals surface area contributed by atoms with Crippen LogP contribution in [0.4, 0.5) is 0 Å². The molecule has 4 heteroatoms. The minimum absolute atomic E-state index is 0.122. The Labute approximate surface area is 72.5 Å². The van der Waals surface area contributed by atoms with Gasteiger partial charge < -0.3 is 9.72 Å². The molecule has 0 aliphatic carbocycles. The van der Waals surface area contributed by atoms with Crippen molar-refractivity contribution in [3.05, 3.63) is 26.6 Å². The van der Waals surface area contributed by atoms with Gasteiger partial charge in [0.05, 0.1) is 17.3 Å². The maximum absolute atomic E-state index is 11.2. The molecule has 1 heterocycles. The predicted molar refractivity (Wildman–Crippen MR) is 46.1 cm³/mol. The predicted octanol–water partition coefficient (Wildman–Crippen LogP) is 1.45. The zero-order valence-corrected chi connectivity index (χ0v) is 7.86. The van der Waals surface area contributed by atoms with Crippen molar-refractivity contribution in [3.63, 3.8) is 0 Å². The van der Waals surface area contributed by atoms with Crippen LogP contribution in [-0.4, -0.2) is 12.1 Å². The fourth-order valence-corrected chi connectivity index (χ4v) is 1.12. The third-order valence-corrected chi connectivity index (χ3v) is 1.97. The van der Waals surface area contributed by atoms with Crippen LogP contribution in [0.3, 0.4) is 0 Å². The summed E-state index contributed by atoms with van der Waals surface area (Å²) in [7, 11) is 1.48. The fraction of sp³-hybridized carbons (Fsp3) is 0.286. The van der Waals surface area contributed by atoms with Gasteiger partial charge >= 0.3 is 0 Å². The highest BCUT2D eigenvalue weighted by molar-refractivity contribution is 9.10. The van der Waals surface area contributed by atoms with Crippen molar-refractivity contribution >= 4 is 15.9 Å². The van der Waals surface area contributed by atoms with Crippen molar-refractivity contribution in [2.45, 2.75) is 6.92 Å². The van der Waals surface area contributed by atoms with E-state index in [1.54, 1.807) is 13.1 Å². The molecule has 60 valence electrons. The van der Waals surface area contributed by atoms with E-state index in [-0.39, 0.29) is 5.43 Å². The molecule has 0 radical (unpaired) electrons. The molecule has 0 aromatic carbocycles. The molecule has 1 rings (SSSR count). The van der Waals surface area contributed by atoms with Crippen LogP contribution in [0, 0.1) is 6.92 Å². The average Bonchev–Trinajstić information content (AvgIpc) is 1.99. The van der Waals surface area contributed by atoms with Crippen molar-refractivity contribution in [2.75, 3.05) is 7.11 Å². The number of hydrogen-bond acceptors (Lipinski definition) is 2. The lowest BCUT2D eigenvalue weighted by Gasteiger charge is -2.02. The SMILES string of the molecule is COc1c(C)[nH]cc(Br)c1=O. The number of aromatic nitrogens is 1. The first kappa shape index (κ1) is 8.33. The number of halogens is 1. The summed E-state index contributed by atoms with van der Waals surface area (Å²) in [6.45, 7) is 1.78. The summed E-state index contributed by atoms with van der Waals surface area (Å²) in [6, 6.07) is 0. The molecular weight excluding hydrogens is 210 g/mol. The molecule has 0 aliphatic rings. The Kier molecular flexibility index (Phi) is 2.34. The summed E-state index contributed by atoms with van der Waals surface area (Å²) in [5.41, 5.74) is 0.615. The smallest absolute Gasteiger partial charge is 0.237 e. The van der Waals surface area contributed by atoms with Crippen LogP contribution in [0.25, 0.3) is 0 Å². The van der Waals surface area contributed by atoms with Crippen LogP contribution in [0.5, 0.6) is 5.75 Å². The topological polar surface area (TPSA) is 42.1 Å².